The molecule has 0 saturated carbocycles. The van der Waals surface area contributed by atoms with Crippen LogP contribution in [0.4, 0.5) is 0 Å². The first-order valence-corrected chi connectivity index (χ1v) is 10.1. The van der Waals surface area contributed by atoms with E-state index in [1.807, 2.05) is 55.6 Å². The van der Waals surface area contributed by atoms with E-state index in [4.69, 9.17) is 25.8 Å². The highest BCUT2D eigenvalue weighted by atomic mass is 35.5. The van der Waals surface area contributed by atoms with Crippen LogP contribution >= 0.6 is 11.6 Å². The molecule has 3 rings (SSSR count). The van der Waals surface area contributed by atoms with E-state index in [0.717, 1.165) is 29.0 Å². The first-order chi connectivity index (χ1) is 14.1. The Morgan fingerprint density at radius 3 is 2.55 bits per heavy atom. The highest BCUT2D eigenvalue weighted by Gasteiger charge is 2.19. The molecular weight excluding hydrogens is 390 g/mol. The summed E-state index contributed by atoms with van der Waals surface area (Å²) in [4.78, 5) is 0. The van der Waals surface area contributed by atoms with Crippen LogP contribution in [0.15, 0.2) is 48.7 Å². The molecule has 2 aromatic carbocycles. The smallest absolute Gasteiger partial charge is 0.161 e. The maximum atomic E-state index is 6.05. The number of nitrogens with zero attached hydrogens (tertiary/aromatic N) is 3. The van der Waals surface area contributed by atoms with Gasteiger partial charge < -0.3 is 14.2 Å². The van der Waals surface area contributed by atoms with Gasteiger partial charge in [-0.3, -0.25) is 0 Å². The van der Waals surface area contributed by atoms with Gasteiger partial charge >= 0.3 is 0 Å². The Morgan fingerprint density at radius 1 is 1.07 bits per heavy atom. The Labute approximate surface area is 176 Å². The molecular formula is C22H26ClN3O3. The van der Waals surface area contributed by atoms with Gasteiger partial charge in [-0.2, -0.15) is 0 Å². The fourth-order valence-electron chi connectivity index (χ4n) is 3.01. The molecule has 1 unspecified atom stereocenters. The van der Waals surface area contributed by atoms with Crippen LogP contribution in [-0.4, -0.2) is 35.3 Å². The van der Waals surface area contributed by atoms with E-state index in [9.17, 15) is 0 Å². The van der Waals surface area contributed by atoms with Gasteiger partial charge in [-0.05, 0) is 48.7 Å². The average Bonchev–Trinajstić information content (AvgIpc) is 3.18. The number of aromatic nitrogens is 3. The zero-order valence-electron chi connectivity index (χ0n) is 17.0. The van der Waals surface area contributed by atoms with Crippen molar-refractivity contribution in [2.45, 2.75) is 32.9 Å². The third kappa shape index (κ3) is 5.49. The summed E-state index contributed by atoms with van der Waals surface area (Å²) in [5.41, 5.74) is 2.81. The van der Waals surface area contributed by atoms with Gasteiger partial charge in [0.2, 0.25) is 0 Å². The topological polar surface area (TPSA) is 58.4 Å². The highest BCUT2D eigenvalue weighted by Crippen LogP contribution is 2.29. The zero-order valence-corrected chi connectivity index (χ0v) is 17.7. The van der Waals surface area contributed by atoms with Crippen molar-refractivity contribution in [2.24, 2.45) is 0 Å². The zero-order chi connectivity index (χ0) is 20.6. The van der Waals surface area contributed by atoms with Crippen LogP contribution in [0.3, 0.4) is 0 Å². The number of hydrogen-bond acceptors (Lipinski definition) is 5. The second kappa shape index (κ2) is 10.3. The Morgan fingerprint density at radius 2 is 1.86 bits per heavy atom. The van der Waals surface area contributed by atoms with E-state index in [-0.39, 0.29) is 6.10 Å². The quantitative estimate of drug-likeness (QED) is 0.471. The van der Waals surface area contributed by atoms with Crippen LogP contribution in [0.2, 0.25) is 5.02 Å². The Balaban J connectivity index is 1.80. The van der Waals surface area contributed by atoms with E-state index < -0.39 is 0 Å². The number of rotatable bonds is 10. The van der Waals surface area contributed by atoms with E-state index in [1.165, 1.54) is 0 Å². The molecule has 0 aliphatic rings. The molecule has 1 atom stereocenters. The number of ether oxygens (including phenoxy) is 3. The van der Waals surface area contributed by atoms with Crippen LogP contribution in [-0.2, 0) is 11.3 Å². The third-order valence-electron chi connectivity index (χ3n) is 4.36. The molecule has 0 fully saturated rings. The van der Waals surface area contributed by atoms with Crippen molar-refractivity contribution in [3.8, 4) is 11.5 Å². The Kier molecular flexibility index (Phi) is 7.49. The lowest BCUT2D eigenvalue weighted by Gasteiger charge is -2.15. The van der Waals surface area contributed by atoms with Gasteiger partial charge in [0.05, 0.1) is 26.5 Å². The Bertz CT molecular complexity index is 912. The van der Waals surface area contributed by atoms with Crippen molar-refractivity contribution in [2.75, 3.05) is 20.3 Å². The molecule has 6 nitrogen and oxygen atoms in total. The van der Waals surface area contributed by atoms with Gasteiger partial charge in [0, 0.05) is 11.6 Å². The lowest BCUT2D eigenvalue weighted by molar-refractivity contribution is 0.0777. The van der Waals surface area contributed by atoms with E-state index in [2.05, 4.69) is 17.2 Å². The first kappa shape index (κ1) is 21.1. The molecule has 1 heterocycles. The monoisotopic (exact) mass is 415 g/mol. The van der Waals surface area contributed by atoms with Gasteiger partial charge in [-0.15, -0.1) is 5.10 Å². The molecule has 0 N–H and O–H groups in total. The highest BCUT2D eigenvalue weighted by molar-refractivity contribution is 6.30. The van der Waals surface area contributed by atoms with Crippen LogP contribution in [0.25, 0.3) is 0 Å². The maximum absolute atomic E-state index is 6.05. The minimum absolute atomic E-state index is 0.282. The third-order valence-corrected chi connectivity index (χ3v) is 4.61. The summed E-state index contributed by atoms with van der Waals surface area (Å²) in [5.74, 6) is 1.43. The molecule has 7 heteroatoms. The van der Waals surface area contributed by atoms with Gasteiger partial charge in [0.15, 0.2) is 11.5 Å². The summed E-state index contributed by atoms with van der Waals surface area (Å²) < 4.78 is 18.9. The number of hydrogen-bond donors (Lipinski definition) is 0. The van der Waals surface area contributed by atoms with Crippen molar-refractivity contribution in [3.63, 3.8) is 0 Å². The summed E-state index contributed by atoms with van der Waals surface area (Å²) in [5, 5.41) is 9.34. The fraction of sp³-hybridized carbons (Fsp3) is 0.364. The van der Waals surface area contributed by atoms with Crippen LogP contribution < -0.4 is 9.47 Å². The van der Waals surface area contributed by atoms with Crippen molar-refractivity contribution < 1.29 is 14.2 Å². The summed E-state index contributed by atoms with van der Waals surface area (Å²) in [7, 11) is 1.63. The van der Waals surface area contributed by atoms with Gasteiger partial charge in [-0.1, -0.05) is 41.9 Å². The SMILES string of the molecule is CCCOC(c1ccc(Cl)cc1)c1cn(Cc2ccc(OC)c(OCC)c2)nn1. The standard InChI is InChI=1S/C22H26ClN3O3/c1-4-12-29-22(17-7-9-18(23)10-8-17)19-15-26(25-24-19)14-16-6-11-20(27-3)21(13-16)28-5-2/h6-11,13,15,22H,4-5,12,14H2,1-3H3. The molecule has 0 radical (unpaired) electrons. The molecule has 0 saturated heterocycles. The van der Waals surface area contributed by atoms with Crippen molar-refractivity contribution in [1.82, 2.24) is 15.0 Å². The second-order valence-corrected chi connectivity index (χ2v) is 7.00. The largest absolute Gasteiger partial charge is 0.493 e. The van der Waals surface area contributed by atoms with E-state index >= 15 is 0 Å². The minimum atomic E-state index is -0.282. The average molecular weight is 416 g/mol. The van der Waals surface area contributed by atoms with E-state index in [1.54, 1.807) is 11.8 Å². The lowest BCUT2D eigenvalue weighted by atomic mass is 10.1. The predicted molar refractivity (Wildman–Crippen MR) is 113 cm³/mol. The normalized spacial score (nSPS) is 12.0. The van der Waals surface area contributed by atoms with Crippen LogP contribution in [0, 0.1) is 0 Å². The summed E-state index contributed by atoms with van der Waals surface area (Å²) in [6.45, 7) is 5.80. The first-order valence-electron chi connectivity index (χ1n) is 9.71. The fourth-order valence-corrected chi connectivity index (χ4v) is 3.14. The molecule has 0 aliphatic heterocycles. The predicted octanol–water partition coefficient (Wildman–Crippen LogP) is 4.90. The molecule has 3 aromatic rings. The molecule has 0 amide bonds. The van der Waals surface area contributed by atoms with Crippen LogP contribution in [0.1, 0.15) is 43.2 Å². The summed E-state index contributed by atoms with van der Waals surface area (Å²) in [6, 6.07) is 13.5. The van der Waals surface area contributed by atoms with Crippen LogP contribution in [0.5, 0.6) is 11.5 Å². The molecule has 154 valence electrons. The molecule has 0 bridgehead atoms. The summed E-state index contributed by atoms with van der Waals surface area (Å²) in [6.07, 6.45) is 2.56. The minimum Gasteiger partial charge on any atom is -0.493 e. The Hall–Kier alpha value is -2.57. The molecule has 29 heavy (non-hydrogen) atoms. The number of benzene rings is 2. The van der Waals surface area contributed by atoms with Crippen molar-refractivity contribution in [3.05, 3.63) is 70.5 Å². The molecule has 0 aliphatic carbocycles. The van der Waals surface area contributed by atoms with Crippen molar-refractivity contribution in [1.29, 1.82) is 0 Å². The second-order valence-electron chi connectivity index (χ2n) is 6.56. The van der Waals surface area contributed by atoms with Gasteiger partial charge in [0.1, 0.15) is 11.8 Å². The number of methoxy groups -OCH3 is 1. The lowest BCUT2D eigenvalue weighted by Crippen LogP contribution is -2.08. The maximum Gasteiger partial charge on any atom is 0.161 e. The molecule has 1 aromatic heterocycles. The number of halogens is 1. The van der Waals surface area contributed by atoms with Gasteiger partial charge in [-0.25, -0.2) is 4.68 Å². The van der Waals surface area contributed by atoms with Gasteiger partial charge in [0.25, 0.3) is 0 Å². The van der Waals surface area contributed by atoms with Crippen molar-refractivity contribution >= 4 is 11.6 Å². The van der Waals surface area contributed by atoms with E-state index in [0.29, 0.717) is 30.5 Å². The summed E-state index contributed by atoms with van der Waals surface area (Å²) >= 11 is 6.03. The molecule has 0 spiro atoms.